The lowest BCUT2D eigenvalue weighted by Crippen LogP contribution is -2.16. The second-order valence-electron chi connectivity index (χ2n) is 4.99. The van der Waals surface area contributed by atoms with Crippen LogP contribution in [0.3, 0.4) is 0 Å². The van der Waals surface area contributed by atoms with E-state index in [9.17, 15) is 23.3 Å². The molecule has 0 aromatic heterocycles. The summed E-state index contributed by atoms with van der Waals surface area (Å²) < 4.78 is 37.5. The summed E-state index contributed by atoms with van der Waals surface area (Å²) in [5, 5.41) is 10.8. The molecule has 0 bridgehead atoms. The maximum atomic E-state index is 12.5. The first-order chi connectivity index (χ1) is 8.50. The highest BCUT2D eigenvalue weighted by atomic mass is 28.3. The minimum Gasteiger partial charge on any atom is -0.258 e. The molecule has 3 nitrogen and oxygen atoms in total. The van der Waals surface area contributed by atoms with E-state index in [0.717, 1.165) is 12.1 Å². The lowest BCUT2D eigenvalue weighted by molar-refractivity contribution is -0.385. The molecule has 0 spiro atoms. The molecule has 0 unspecified atom stereocenters. The Kier molecular flexibility index (Phi) is 4.05. The third-order valence-corrected chi connectivity index (χ3v) is 2.97. The zero-order valence-electron chi connectivity index (χ0n) is 10.6. The van der Waals surface area contributed by atoms with Gasteiger partial charge >= 0.3 is 6.18 Å². The van der Waals surface area contributed by atoms with Crippen LogP contribution >= 0.6 is 0 Å². The summed E-state index contributed by atoms with van der Waals surface area (Å²) in [6.07, 6.45) is -4.60. The zero-order valence-corrected chi connectivity index (χ0v) is 11.6. The first kappa shape index (κ1) is 15.2. The summed E-state index contributed by atoms with van der Waals surface area (Å²) in [7, 11) is -1.75. The first-order valence-corrected chi connectivity index (χ1v) is 8.89. The molecule has 0 atom stereocenters. The van der Waals surface area contributed by atoms with Gasteiger partial charge in [-0.3, -0.25) is 10.1 Å². The van der Waals surface area contributed by atoms with E-state index in [4.69, 9.17) is 0 Å². The van der Waals surface area contributed by atoms with Gasteiger partial charge in [-0.25, -0.2) is 0 Å². The van der Waals surface area contributed by atoms with Crippen molar-refractivity contribution < 1.29 is 18.1 Å². The number of benzene rings is 1. The molecule has 0 N–H and O–H groups in total. The van der Waals surface area contributed by atoms with E-state index in [1.807, 2.05) is 19.6 Å². The molecular formula is C12H12F3NO2Si. The van der Waals surface area contributed by atoms with Gasteiger partial charge in [0.2, 0.25) is 0 Å². The van der Waals surface area contributed by atoms with Gasteiger partial charge in [-0.2, -0.15) is 13.2 Å². The molecule has 0 radical (unpaired) electrons. The van der Waals surface area contributed by atoms with Crippen molar-refractivity contribution in [1.29, 1.82) is 0 Å². The summed E-state index contributed by atoms with van der Waals surface area (Å²) >= 11 is 0. The third-order valence-electron chi connectivity index (χ3n) is 2.09. The highest BCUT2D eigenvalue weighted by molar-refractivity contribution is 6.83. The number of nitrogens with zero attached hydrogens (tertiary/aromatic N) is 1. The van der Waals surface area contributed by atoms with Gasteiger partial charge in [-0.15, -0.1) is 5.54 Å². The average Bonchev–Trinajstić information content (AvgIpc) is 2.23. The van der Waals surface area contributed by atoms with E-state index < -0.39 is 30.4 Å². The molecule has 0 aliphatic carbocycles. The van der Waals surface area contributed by atoms with Gasteiger partial charge in [0.1, 0.15) is 13.6 Å². The predicted molar refractivity (Wildman–Crippen MR) is 68.3 cm³/mol. The second-order valence-corrected chi connectivity index (χ2v) is 9.74. The molecule has 19 heavy (non-hydrogen) atoms. The molecular weight excluding hydrogens is 275 g/mol. The van der Waals surface area contributed by atoms with Gasteiger partial charge in [-0.05, 0) is 12.1 Å². The van der Waals surface area contributed by atoms with E-state index in [-0.39, 0.29) is 5.56 Å². The van der Waals surface area contributed by atoms with Gasteiger partial charge in [0.15, 0.2) is 0 Å². The first-order valence-electron chi connectivity index (χ1n) is 5.39. The fraction of sp³-hybridized carbons (Fsp3) is 0.333. The molecule has 0 amide bonds. The van der Waals surface area contributed by atoms with Crippen LogP contribution < -0.4 is 0 Å². The Morgan fingerprint density at radius 3 is 2.26 bits per heavy atom. The van der Waals surface area contributed by atoms with Crippen molar-refractivity contribution >= 4 is 13.8 Å². The van der Waals surface area contributed by atoms with E-state index in [2.05, 4.69) is 11.5 Å². The number of hydrogen-bond donors (Lipinski definition) is 0. The van der Waals surface area contributed by atoms with Crippen LogP contribution in [0.5, 0.6) is 0 Å². The van der Waals surface area contributed by atoms with Crippen LogP contribution in [0.15, 0.2) is 18.2 Å². The second kappa shape index (κ2) is 5.05. The summed E-state index contributed by atoms with van der Waals surface area (Å²) in [5.41, 5.74) is 1.25. The third kappa shape index (κ3) is 4.41. The molecule has 0 aliphatic heterocycles. The standard InChI is InChI=1S/C12H12F3NO2Si/c1-19(2,3)7-6-9-4-5-10(12(13,14)15)8-11(9)16(17)18/h4-5,8H,1-3H3. The molecule has 0 heterocycles. The smallest absolute Gasteiger partial charge is 0.258 e. The molecule has 102 valence electrons. The van der Waals surface area contributed by atoms with Gasteiger partial charge in [0.05, 0.1) is 10.5 Å². The van der Waals surface area contributed by atoms with Gasteiger partial charge < -0.3 is 0 Å². The molecule has 0 aliphatic rings. The summed E-state index contributed by atoms with van der Waals surface area (Å²) in [5.74, 6) is 2.62. The largest absolute Gasteiger partial charge is 0.416 e. The van der Waals surface area contributed by atoms with Crippen molar-refractivity contribution in [2.45, 2.75) is 25.8 Å². The number of rotatable bonds is 1. The van der Waals surface area contributed by atoms with E-state index in [0.29, 0.717) is 6.07 Å². The Morgan fingerprint density at radius 1 is 1.26 bits per heavy atom. The summed E-state index contributed by atoms with van der Waals surface area (Å²) in [4.78, 5) is 9.96. The van der Waals surface area contributed by atoms with Crippen LogP contribution in [-0.4, -0.2) is 13.0 Å². The normalized spacial score (nSPS) is 11.7. The van der Waals surface area contributed by atoms with Gasteiger partial charge in [0.25, 0.3) is 5.69 Å². The zero-order chi connectivity index (χ0) is 14.8. The van der Waals surface area contributed by atoms with Crippen LogP contribution in [0.2, 0.25) is 19.6 Å². The van der Waals surface area contributed by atoms with Crippen LogP contribution in [-0.2, 0) is 6.18 Å². The van der Waals surface area contributed by atoms with E-state index >= 15 is 0 Å². The molecule has 0 saturated heterocycles. The fourth-order valence-corrected chi connectivity index (χ4v) is 1.73. The Labute approximate surface area is 109 Å². The Morgan fingerprint density at radius 2 is 1.84 bits per heavy atom. The quantitative estimate of drug-likeness (QED) is 0.341. The summed E-state index contributed by atoms with van der Waals surface area (Å²) in [6.45, 7) is 5.82. The number of halogens is 3. The molecule has 1 rings (SSSR count). The van der Waals surface area contributed by atoms with Crippen molar-refractivity contribution in [3.63, 3.8) is 0 Å². The molecule has 1 aromatic rings. The highest BCUT2D eigenvalue weighted by Gasteiger charge is 2.32. The molecule has 0 fully saturated rings. The van der Waals surface area contributed by atoms with Crippen molar-refractivity contribution in [3.05, 3.63) is 39.4 Å². The molecule has 1 aromatic carbocycles. The molecule has 7 heteroatoms. The topological polar surface area (TPSA) is 43.1 Å². The Balaban J connectivity index is 3.34. The van der Waals surface area contributed by atoms with Crippen molar-refractivity contribution in [1.82, 2.24) is 0 Å². The van der Waals surface area contributed by atoms with Gasteiger partial charge in [0, 0.05) is 6.07 Å². The number of nitro groups is 1. The summed E-state index contributed by atoms with van der Waals surface area (Å²) in [6, 6.07) is 2.38. The van der Waals surface area contributed by atoms with Crippen LogP contribution in [0.1, 0.15) is 11.1 Å². The van der Waals surface area contributed by atoms with Crippen molar-refractivity contribution in [2.75, 3.05) is 0 Å². The average molecular weight is 287 g/mol. The SMILES string of the molecule is C[Si](C)(C)C#Cc1ccc(C(F)(F)F)cc1[N+](=O)[O-]. The number of alkyl halides is 3. The Hall–Kier alpha value is -1.81. The van der Waals surface area contributed by atoms with Crippen LogP contribution in [0.25, 0.3) is 0 Å². The molecule has 0 saturated carbocycles. The van der Waals surface area contributed by atoms with E-state index in [1.165, 1.54) is 0 Å². The van der Waals surface area contributed by atoms with Crippen molar-refractivity contribution in [2.24, 2.45) is 0 Å². The Bertz CT molecular complexity index is 565. The maximum absolute atomic E-state index is 12.5. The van der Waals surface area contributed by atoms with E-state index in [1.54, 1.807) is 0 Å². The van der Waals surface area contributed by atoms with Crippen LogP contribution in [0, 0.1) is 21.6 Å². The van der Waals surface area contributed by atoms with Gasteiger partial charge in [-0.1, -0.05) is 25.6 Å². The monoisotopic (exact) mass is 287 g/mol. The fourth-order valence-electron chi connectivity index (χ4n) is 1.22. The van der Waals surface area contributed by atoms with Crippen molar-refractivity contribution in [3.8, 4) is 11.5 Å². The lowest BCUT2D eigenvalue weighted by Gasteiger charge is -2.07. The lowest BCUT2D eigenvalue weighted by atomic mass is 10.1. The minimum absolute atomic E-state index is 0.0143. The highest BCUT2D eigenvalue weighted by Crippen LogP contribution is 2.32. The van der Waals surface area contributed by atoms with Crippen LogP contribution in [0.4, 0.5) is 18.9 Å². The number of hydrogen-bond acceptors (Lipinski definition) is 2. The maximum Gasteiger partial charge on any atom is 0.416 e. The minimum atomic E-state index is -4.60. The predicted octanol–water partition coefficient (Wildman–Crippen LogP) is 3.84. The number of nitro benzene ring substituents is 1.